The van der Waals surface area contributed by atoms with Crippen LogP contribution in [0.1, 0.15) is 20.3 Å². The van der Waals surface area contributed by atoms with Crippen molar-refractivity contribution in [2.75, 3.05) is 33.4 Å². The van der Waals surface area contributed by atoms with Crippen molar-refractivity contribution >= 4 is 5.91 Å². The van der Waals surface area contributed by atoms with Crippen LogP contribution in [-0.4, -0.2) is 44.2 Å². The Morgan fingerprint density at radius 3 is 2.57 bits per heavy atom. The van der Waals surface area contributed by atoms with Gasteiger partial charge >= 0.3 is 0 Å². The van der Waals surface area contributed by atoms with Crippen LogP contribution in [0.2, 0.25) is 0 Å². The predicted molar refractivity (Wildman–Crippen MR) is 57.0 cm³/mol. The summed E-state index contributed by atoms with van der Waals surface area (Å²) in [6.07, 6.45) is 0.868. The van der Waals surface area contributed by atoms with Crippen LogP contribution in [0.25, 0.3) is 0 Å². The van der Waals surface area contributed by atoms with Crippen LogP contribution in [0.5, 0.6) is 0 Å². The van der Waals surface area contributed by atoms with Crippen molar-refractivity contribution in [1.29, 1.82) is 0 Å². The maximum atomic E-state index is 11.8. The summed E-state index contributed by atoms with van der Waals surface area (Å²) in [7, 11) is 1.63. The number of carbonyl (C=O) groups is 1. The Labute approximate surface area is 86.4 Å². The second-order valence-corrected chi connectivity index (χ2v) is 3.42. The van der Waals surface area contributed by atoms with E-state index in [9.17, 15) is 4.79 Å². The largest absolute Gasteiger partial charge is 0.383 e. The van der Waals surface area contributed by atoms with Gasteiger partial charge in [0.25, 0.3) is 0 Å². The molecule has 4 nitrogen and oxygen atoms in total. The lowest BCUT2D eigenvalue weighted by molar-refractivity contribution is -0.135. The zero-order chi connectivity index (χ0) is 11.0. The highest BCUT2D eigenvalue weighted by Crippen LogP contribution is 2.05. The van der Waals surface area contributed by atoms with Crippen molar-refractivity contribution < 1.29 is 9.53 Å². The maximum absolute atomic E-state index is 11.8. The van der Waals surface area contributed by atoms with E-state index in [4.69, 9.17) is 10.5 Å². The number of hydrogen-bond donors (Lipinski definition) is 1. The first kappa shape index (κ1) is 13.4. The fourth-order valence-corrected chi connectivity index (χ4v) is 1.18. The van der Waals surface area contributed by atoms with Gasteiger partial charge < -0.3 is 15.4 Å². The molecule has 0 rings (SSSR count). The molecule has 84 valence electrons. The van der Waals surface area contributed by atoms with Crippen molar-refractivity contribution in [3.8, 4) is 0 Å². The maximum Gasteiger partial charge on any atom is 0.225 e. The second-order valence-electron chi connectivity index (χ2n) is 3.42. The molecule has 0 aliphatic carbocycles. The molecule has 2 N–H and O–H groups in total. The van der Waals surface area contributed by atoms with Gasteiger partial charge in [0.2, 0.25) is 5.91 Å². The molecule has 0 saturated carbocycles. The summed E-state index contributed by atoms with van der Waals surface area (Å²) in [6.45, 7) is 6.29. The van der Waals surface area contributed by atoms with E-state index in [-0.39, 0.29) is 11.8 Å². The summed E-state index contributed by atoms with van der Waals surface area (Å²) in [4.78, 5) is 13.6. The molecule has 0 heterocycles. The molecule has 0 bridgehead atoms. The van der Waals surface area contributed by atoms with Crippen molar-refractivity contribution in [1.82, 2.24) is 4.90 Å². The van der Waals surface area contributed by atoms with Gasteiger partial charge in [0.1, 0.15) is 0 Å². The van der Waals surface area contributed by atoms with Crippen LogP contribution in [0.4, 0.5) is 0 Å². The fourth-order valence-electron chi connectivity index (χ4n) is 1.18. The first-order chi connectivity index (χ1) is 6.67. The average Bonchev–Trinajstić information content (AvgIpc) is 2.22. The molecule has 0 aliphatic rings. The molecule has 0 fully saturated rings. The van der Waals surface area contributed by atoms with Crippen LogP contribution in [-0.2, 0) is 9.53 Å². The smallest absolute Gasteiger partial charge is 0.225 e. The minimum Gasteiger partial charge on any atom is -0.383 e. The van der Waals surface area contributed by atoms with Crippen molar-refractivity contribution in [3.05, 3.63) is 0 Å². The molecule has 4 heteroatoms. The van der Waals surface area contributed by atoms with E-state index in [0.29, 0.717) is 26.2 Å². The number of ether oxygens (including phenoxy) is 1. The molecule has 0 aromatic rings. The lowest BCUT2D eigenvalue weighted by atomic mass is 10.1. The van der Waals surface area contributed by atoms with Crippen molar-refractivity contribution in [2.45, 2.75) is 20.3 Å². The number of carbonyl (C=O) groups excluding carboxylic acids is 1. The fraction of sp³-hybridized carbons (Fsp3) is 0.900. The highest BCUT2D eigenvalue weighted by atomic mass is 16.5. The number of methoxy groups -OCH3 is 1. The number of rotatable bonds is 7. The molecule has 0 aromatic carbocycles. The van der Waals surface area contributed by atoms with Crippen LogP contribution < -0.4 is 5.73 Å². The highest BCUT2D eigenvalue weighted by Gasteiger charge is 2.17. The molecule has 1 atom stereocenters. The van der Waals surface area contributed by atoms with Gasteiger partial charge in [-0.25, -0.2) is 0 Å². The Morgan fingerprint density at radius 2 is 2.14 bits per heavy atom. The van der Waals surface area contributed by atoms with Gasteiger partial charge in [-0.2, -0.15) is 0 Å². The quantitative estimate of drug-likeness (QED) is 0.653. The zero-order valence-corrected chi connectivity index (χ0v) is 9.45. The summed E-state index contributed by atoms with van der Waals surface area (Å²) in [5, 5.41) is 0. The molecule has 1 unspecified atom stereocenters. The predicted octanol–water partition coefficient (Wildman–Crippen LogP) is 0.466. The molecule has 0 spiro atoms. The van der Waals surface area contributed by atoms with Gasteiger partial charge in [-0.05, 0) is 6.42 Å². The van der Waals surface area contributed by atoms with Crippen molar-refractivity contribution in [3.63, 3.8) is 0 Å². The topological polar surface area (TPSA) is 55.6 Å². The molecule has 0 aliphatic heterocycles. The van der Waals surface area contributed by atoms with E-state index in [0.717, 1.165) is 6.42 Å². The molecule has 1 amide bonds. The molecule has 0 saturated heterocycles. The zero-order valence-electron chi connectivity index (χ0n) is 9.45. The van der Waals surface area contributed by atoms with Gasteiger partial charge in [0.05, 0.1) is 6.61 Å². The van der Waals surface area contributed by atoms with E-state index >= 15 is 0 Å². The van der Waals surface area contributed by atoms with Gasteiger partial charge in [-0.1, -0.05) is 13.8 Å². The molecular weight excluding hydrogens is 180 g/mol. The summed E-state index contributed by atoms with van der Waals surface area (Å²) < 4.78 is 4.95. The highest BCUT2D eigenvalue weighted by molar-refractivity contribution is 5.78. The Bertz CT molecular complexity index is 162. The van der Waals surface area contributed by atoms with E-state index in [2.05, 4.69) is 0 Å². The summed E-state index contributed by atoms with van der Waals surface area (Å²) >= 11 is 0. The first-order valence-corrected chi connectivity index (χ1v) is 5.15. The minimum absolute atomic E-state index is 0.0819. The first-order valence-electron chi connectivity index (χ1n) is 5.15. The number of hydrogen-bond acceptors (Lipinski definition) is 3. The van der Waals surface area contributed by atoms with Crippen LogP contribution in [0.3, 0.4) is 0 Å². The minimum atomic E-state index is 0.0819. The third-order valence-electron chi connectivity index (χ3n) is 2.31. The monoisotopic (exact) mass is 202 g/mol. The van der Waals surface area contributed by atoms with Gasteiger partial charge in [0, 0.05) is 32.7 Å². The van der Waals surface area contributed by atoms with Crippen LogP contribution in [0.15, 0.2) is 0 Å². The average molecular weight is 202 g/mol. The lowest BCUT2D eigenvalue weighted by Gasteiger charge is -2.24. The summed E-state index contributed by atoms with van der Waals surface area (Å²) in [5.41, 5.74) is 5.45. The van der Waals surface area contributed by atoms with E-state index in [1.54, 1.807) is 12.0 Å². The Balaban J connectivity index is 4.10. The van der Waals surface area contributed by atoms with Crippen molar-refractivity contribution in [2.24, 2.45) is 11.7 Å². The van der Waals surface area contributed by atoms with Crippen LogP contribution >= 0.6 is 0 Å². The standard InChI is InChI=1S/C10H22N2O2/c1-4-9(2)10(13)12(6-5-11)7-8-14-3/h9H,4-8,11H2,1-3H3. The Hall–Kier alpha value is -0.610. The van der Waals surface area contributed by atoms with Gasteiger partial charge in [0.15, 0.2) is 0 Å². The number of nitrogens with two attached hydrogens (primary N) is 1. The molecule has 0 radical (unpaired) electrons. The van der Waals surface area contributed by atoms with E-state index in [1.165, 1.54) is 0 Å². The Kier molecular flexibility index (Phi) is 7.42. The summed E-state index contributed by atoms with van der Waals surface area (Å²) in [5.74, 6) is 0.258. The second kappa shape index (κ2) is 7.76. The number of nitrogens with zero attached hydrogens (tertiary/aromatic N) is 1. The molecular formula is C10H22N2O2. The van der Waals surface area contributed by atoms with Gasteiger partial charge in [-0.3, -0.25) is 4.79 Å². The summed E-state index contributed by atoms with van der Waals surface area (Å²) in [6, 6.07) is 0. The van der Waals surface area contributed by atoms with E-state index in [1.807, 2.05) is 13.8 Å². The normalized spacial score (nSPS) is 12.6. The SMILES string of the molecule is CCC(C)C(=O)N(CCN)CCOC. The third-order valence-corrected chi connectivity index (χ3v) is 2.31. The number of amides is 1. The lowest BCUT2D eigenvalue weighted by Crippen LogP contribution is -2.40. The third kappa shape index (κ3) is 4.58. The molecule has 14 heavy (non-hydrogen) atoms. The molecule has 0 aromatic heterocycles. The Morgan fingerprint density at radius 1 is 1.50 bits per heavy atom. The van der Waals surface area contributed by atoms with Crippen LogP contribution in [0, 0.1) is 5.92 Å². The van der Waals surface area contributed by atoms with Gasteiger partial charge in [-0.15, -0.1) is 0 Å². The van der Waals surface area contributed by atoms with E-state index < -0.39 is 0 Å².